The van der Waals surface area contributed by atoms with Crippen molar-refractivity contribution in [2.45, 2.75) is 26.2 Å². The van der Waals surface area contributed by atoms with Crippen LogP contribution in [-0.2, 0) is 16.6 Å². The first-order chi connectivity index (χ1) is 9.49. The van der Waals surface area contributed by atoms with E-state index in [1.54, 1.807) is 18.2 Å². The van der Waals surface area contributed by atoms with Crippen molar-refractivity contribution in [3.8, 4) is 0 Å². The molecular weight excluding hydrogens is 279 g/mol. The van der Waals surface area contributed by atoms with Gasteiger partial charge in [0.05, 0.1) is 0 Å². The summed E-state index contributed by atoms with van der Waals surface area (Å²) in [6, 6.07) is 6.43. The SMILES string of the molecule is CC1CCCN(S(=O)(=O)NCCc2ccccc2F)C1. The van der Waals surface area contributed by atoms with Crippen molar-refractivity contribution in [2.24, 2.45) is 5.92 Å². The smallest absolute Gasteiger partial charge is 0.207 e. The summed E-state index contributed by atoms with van der Waals surface area (Å²) in [4.78, 5) is 0. The predicted molar refractivity (Wildman–Crippen MR) is 77.0 cm³/mol. The second kappa shape index (κ2) is 6.65. The van der Waals surface area contributed by atoms with E-state index in [2.05, 4.69) is 11.6 Å². The molecule has 0 spiro atoms. The van der Waals surface area contributed by atoms with Crippen LogP contribution in [0.25, 0.3) is 0 Å². The molecular formula is C14H21FN2O2S. The average molecular weight is 300 g/mol. The fourth-order valence-electron chi connectivity index (χ4n) is 2.47. The number of piperidine rings is 1. The van der Waals surface area contributed by atoms with Gasteiger partial charge in [-0.2, -0.15) is 12.7 Å². The summed E-state index contributed by atoms with van der Waals surface area (Å²) in [5, 5.41) is 0. The van der Waals surface area contributed by atoms with Gasteiger partial charge < -0.3 is 0 Å². The van der Waals surface area contributed by atoms with E-state index >= 15 is 0 Å². The van der Waals surface area contributed by atoms with Crippen molar-refractivity contribution in [2.75, 3.05) is 19.6 Å². The molecule has 1 saturated heterocycles. The van der Waals surface area contributed by atoms with Crippen LogP contribution < -0.4 is 4.72 Å². The first-order valence-electron chi connectivity index (χ1n) is 6.97. The molecule has 1 aromatic rings. The number of rotatable bonds is 5. The van der Waals surface area contributed by atoms with Crippen molar-refractivity contribution in [3.05, 3.63) is 35.6 Å². The molecule has 2 rings (SSSR count). The van der Waals surface area contributed by atoms with Crippen molar-refractivity contribution in [1.29, 1.82) is 0 Å². The predicted octanol–water partition coefficient (Wildman–Crippen LogP) is 1.93. The summed E-state index contributed by atoms with van der Waals surface area (Å²) in [7, 11) is -3.44. The number of nitrogens with one attached hydrogen (secondary N) is 1. The third-order valence-corrected chi connectivity index (χ3v) is 5.18. The maximum absolute atomic E-state index is 13.4. The summed E-state index contributed by atoms with van der Waals surface area (Å²) in [6.07, 6.45) is 2.33. The second-order valence-electron chi connectivity index (χ2n) is 5.35. The molecule has 0 bridgehead atoms. The zero-order valence-corrected chi connectivity index (χ0v) is 12.5. The van der Waals surface area contributed by atoms with Gasteiger partial charge in [-0.25, -0.2) is 9.11 Å². The molecule has 0 aromatic heterocycles. The van der Waals surface area contributed by atoms with Gasteiger partial charge >= 0.3 is 0 Å². The van der Waals surface area contributed by atoms with Crippen LogP contribution in [0.5, 0.6) is 0 Å². The zero-order chi connectivity index (χ0) is 14.6. The van der Waals surface area contributed by atoms with Crippen LogP contribution in [0.4, 0.5) is 4.39 Å². The molecule has 1 aromatic carbocycles. The van der Waals surface area contributed by atoms with Crippen molar-refractivity contribution in [3.63, 3.8) is 0 Å². The largest absolute Gasteiger partial charge is 0.279 e. The van der Waals surface area contributed by atoms with Crippen LogP contribution in [0.1, 0.15) is 25.3 Å². The lowest BCUT2D eigenvalue weighted by Gasteiger charge is -2.29. The molecule has 1 fully saturated rings. The van der Waals surface area contributed by atoms with Gasteiger partial charge in [-0.1, -0.05) is 25.1 Å². The number of halogens is 1. The van der Waals surface area contributed by atoms with E-state index in [9.17, 15) is 12.8 Å². The summed E-state index contributed by atoms with van der Waals surface area (Å²) < 4.78 is 41.7. The van der Waals surface area contributed by atoms with Gasteiger partial charge in [-0.05, 0) is 36.8 Å². The van der Waals surface area contributed by atoms with E-state index in [0.29, 0.717) is 31.0 Å². The van der Waals surface area contributed by atoms with Gasteiger partial charge in [0.2, 0.25) is 0 Å². The van der Waals surface area contributed by atoms with Crippen LogP contribution in [0, 0.1) is 11.7 Å². The lowest BCUT2D eigenvalue weighted by atomic mass is 10.0. The molecule has 1 aliphatic rings. The molecule has 0 radical (unpaired) electrons. The van der Waals surface area contributed by atoms with Gasteiger partial charge in [-0.15, -0.1) is 0 Å². The molecule has 112 valence electrons. The van der Waals surface area contributed by atoms with E-state index in [4.69, 9.17) is 0 Å². The molecule has 1 aliphatic heterocycles. The maximum atomic E-state index is 13.4. The minimum absolute atomic E-state index is 0.216. The Morgan fingerprint density at radius 1 is 1.40 bits per heavy atom. The number of hydrogen-bond donors (Lipinski definition) is 1. The van der Waals surface area contributed by atoms with E-state index in [1.165, 1.54) is 10.4 Å². The van der Waals surface area contributed by atoms with Crippen LogP contribution in [0.15, 0.2) is 24.3 Å². The normalized spacial score (nSPS) is 21.0. The highest BCUT2D eigenvalue weighted by atomic mass is 32.2. The fraction of sp³-hybridized carbons (Fsp3) is 0.571. The molecule has 20 heavy (non-hydrogen) atoms. The Bertz CT molecular complexity index is 548. The summed E-state index contributed by atoms with van der Waals surface area (Å²) in [6.45, 7) is 3.41. The molecule has 0 saturated carbocycles. The van der Waals surface area contributed by atoms with Crippen molar-refractivity contribution in [1.82, 2.24) is 9.03 Å². The first kappa shape index (κ1) is 15.4. The molecule has 4 nitrogen and oxygen atoms in total. The highest BCUT2D eigenvalue weighted by molar-refractivity contribution is 7.87. The molecule has 1 atom stereocenters. The number of hydrogen-bond acceptors (Lipinski definition) is 2. The van der Waals surface area contributed by atoms with E-state index < -0.39 is 10.2 Å². The fourth-order valence-corrected chi connectivity index (χ4v) is 3.83. The average Bonchev–Trinajstić information content (AvgIpc) is 2.41. The quantitative estimate of drug-likeness (QED) is 0.903. The second-order valence-corrected chi connectivity index (χ2v) is 7.10. The Morgan fingerprint density at radius 2 is 2.15 bits per heavy atom. The highest BCUT2D eigenvalue weighted by Gasteiger charge is 2.26. The van der Waals surface area contributed by atoms with Crippen LogP contribution in [-0.4, -0.2) is 32.4 Å². The summed E-state index contributed by atoms with van der Waals surface area (Å²) in [5.74, 6) is 0.102. The van der Waals surface area contributed by atoms with Gasteiger partial charge in [0.15, 0.2) is 0 Å². The van der Waals surface area contributed by atoms with Gasteiger partial charge in [0.25, 0.3) is 10.2 Å². The Labute approximate surface area is 120 Å². The number of benzene rings is 1. The summed E-state index contributed by atoms with van der Waals surface area (Å²) in [5.41, 5.74) is 0.530. The third-order valence-electron chi connectivity index (χ3n) is 3.60. The topological polar surface area (TPSA) is 49.4 Å². The zero-order valence-electron chi connectivity index (χ0n) is 11.7. The van der Waals surface area contributed by atoms with Crippen molar-refractivity contribution < 1.29 is 12.8 Å². The lowest BCUT2D eigenvalue weighted by molar-refractivity contribution is 0.278. The molecule has 0 aliphatic carbocycles. The van der Waals surface area contributed by atoms with Crippen LogP contribution >= 0.6 is 0 Å². The minimum atomic E-state index is -3.44. The molecule has 6 heteroatoms. The van der Waals surface area contributed by atoms with Crippen LogP contribution in [0.3, 0.4) is 0 Å². The van der Waals surface area contributed by atoms with E-state index in [-0.39, 0.29) is 12.4 Å². The monoisotopic (exact) mass is 300 g/mol. The molecule has 1 heterocycles. The molecule has 0 amide bonds. The standard InChI is InChI=1S/C14H21FN2O2S/c1-12-5-4-10-17(11-12)20(18,19)16-9-8-13-6-2-3-7-14(13)15/h2-3,6-7,12,16H,4-5,8-11H2,1H3. The first-order valence-corrected chi connectivity index (χ1v) is 8.41. The Morgan fingerprint density at radius 3 is 2.85 bits per heavy atom. The molecule has 1 unspecified atom stereocenters. The summed E-state index contributed by atoms with van der Waals surface area (Å²) >= 11 is 0. The Balaban J connectivity index is 1.88. The lowest BCUT2D eigenvalue weighted by Crippen LogP contribution is -2.46. The van der Waals surface area contributed by atoms with Gasteiger partial charge in [0.1, 0.15) is 5.82 Å². The van der Waals surface area contributed by atoms with Gasteiger partial charge in [0, 0.05) is 19.6 Å². The Hall–Kier alpha value is -0.980. The minimum Gasteiger partial charge on any atom is -0.207 e. The van der Waals surface area contributed by atoms with Gasteiger partial charge in [-0.3, -0.25) is 0 Å². The Kier molecular flexibility index (Phi) is 5.12. The maximum Gasteiger partial charge on any atom is 0.279 e. The third kappa shape index (κ3) is 4.01. The highest BCUT2D eigenvalue weighted by Crippen LogP contribution is 2.17. The van der Waals surface area contributed by atoms with Crippen LogP contribution in [0.2, 0.25) is 0 Å². The number of nitrogens with zero attached hydrogens (tertiary/aromatic N) is 1. The van der Waals surface area contributed by atoms with E-state index in [0.717, 1.165) is 12.8 Å². The van der Waals surface area contributed by atoms with Crippen molar-refractivity contribution >= 4 is 10.2 Å². The van der Waals surface area contributed by atoms with E-state index in [1.807, 2.05) is 0 Å². The molecule has 1 N–H and O–H groups in total.